The first kappa shape index (κ1) is 18.1. The normalized spacial score (nSPS) is 15.8. The van der Waals surface area contributed by atoms with E-state index < -0.39 is 0 Å². The Morgan fingerprint density at radius 1 is 0.931 bits per heavy atom. The van der Waals surface area contributed by atoms with Crippen LogP contribution in [0.1, 0.15) is 29.9 Å². The molecule has 0 aliphatic carbocycles. The van der Waals surface area contributed by atoms with E-state index in [9.17, 15) is 0 Å². The third-order valence-electron chi connectivity index (χ3n) is 6.38. The van der Waals surface area contributed by atoms with E-state index in [4.69, 9.17) is 4.98 Å². The quantitative estimate of drug-likeness (QED) is 0.471. The van der Waals surface area contributed by atoms with Crippen LogP contribution in [0.15, 0.2) is 67.0 Å². The highest BCUT2D eigenvalue weighted by Crippen LogP contribution is 2.34. The van der Waals surface area contributed by atoms with Crippen molar-refractivity contribution in [3.63, 3.8) is 0 Å². The number of hydrogen-bond donors (Lipinski definition) is 1. The number of hydrogen-bond acceptors (Lipinski definition) is 2. The van der Waals surface area contributed by atoms with Crippen LogP contribution in [0.25, 0.3) is 33.3 Å². The third kappa shape index (κ3) is 3.47. The minimum absolute atomic E-state index is 0.690. The minimum Gasteiger partial charge on any atom is -0.346 e. The number of H-pyrrole nitrogens is 1. The zero-order chi connectivity index (χ0) is 19.8. The van der Waals surface area contributed by atoms with Gasteiger partial charge in [-0.2, -0.15) is 0 Å². The van der Waals surface area contributed by atoms with Gasteiger partial charge in [0.05, 0.1) is 0 Å². The molecule has 0 spiro atoms. The van der Waals surface area contributed by atoms with Gasteiger partial charge in [-0.1, -0.05) is 48.5 Å². The fourth-order valence-corrected chi connectivity index (χ4v) is 4.65. The summed E-state index contributed by atoms with van der Waals surface area (Å²) < 4.78 is 0. The van der Waals surface area contributed by atoms with E-state index in [1.165, 1.54) is 64.7 Å². The van der Waals surface area contributed by atoms with Crippen LogP contribution in [0.4, 0.5) is 0 Å². The lowest BCUT2D eigenvalue weighted by Gasteiger charge is -2.30. The van der Waals surface area contributed by atoms with E-state index in [1.807, 2.05) is 6.20 Å². The first-order valence-electron chi connectivity index (χ1n) is 10.5. The van der Waals surface area contributed by atoms with Gasteiger partial charge in [-0.25, -0.2) is 4.98 Å². The van der Waals surface area contributed by atoms with E-state index in [1.54, 1.807) is 0 Å². The van der Waals surface area contributed by atoms with Crippen molar-refractivity contribution in [2.24, 2.45) is 0 Å². The van der Waals surface area contributed by atoms with Crippen molar-refractivity contribution in [3.05, 3.63) is 78.1 Å². The van der Waals surface area contributed by atoms with Gasteiger partial charge in [-0.3, -0.25) is 0 Å². The highest BCUT2D eigenvalue weighted by molar-refractivity contribution is 5.95. The van der Waals surface area contributed by atoms with Gasteiger partial charge in [0.15, 0.2) is 0 Å². The standard InChI is InChI=1S/C26H27N3/c1-18-14-21(8-9-23(18)20-10-12-29(2)13-11-20)22-15-24-25(17-28-26(24)27-16-22)19-6-4-3-5-7-19/h3-9,14-17,20H,10-13H2,1-2H3,(H,27,28). The van der Waals surface area contributed by atoms with Crippen molar-refractivity contribution < 1.29 is 0 Å². The number of benzene rings is 2. The number of aromatic amines is 1. The summed E-state index contributed by atoms with van der Waals surface area (Å²) in [6.45, 7) is 4.65. The molecule has 1 N–H and O–H groups in total. The van der Waals surface area contributed by atoms with Crippen LogP contribution in [-0.2, 0) is 0 Å². The molecule has 1 fully saturated rings. The summed E-state index contributed by atoms with van der Waals surface area (Å²) in [5.41, 5.74) is 8.69. The Hall–Kier alpha value is -2.91. The van der Waals surface area contributed by atoms with Gasteiger partial charge < -0.3 is 9.88 Å². The monoisotopic (exact) mass is 381 g/mol. The molecule has 1 saturated heterocycles. The van der Waals surface area contributed by atoms with Crippen LogP contribution in [0.3, 0.4) is 0 Å². The van der Waals surface area contributed by atoms with Crippen LogP contribution in [0, 0.1) is 6.92 Å². The average Bonchev–Trinajstić information content (AvgIpc) is 3.18. The van der Waals surface area contributed by atoms with Gasteiger partial charge in [0, 0.05) is 28.9 Å². The van der Waals surface area contributed by atoms with Crippen LogP contribution in [0.2, 0.25) is 0 Å². The molecule has 3 heteroatoms. The maximum Gasteiger partial charge on any atom is 0.137 e. The van der Waals surface area contributed by atoms with Crippen LogP contribution in [-0.4, -0.2) is 35.0 Å². The number of aryl methyl sites for hydroxylation is 1. The molecule has 0 amide bonds. The largest absolute Gasteiger partial charge is 0.346 e. The van der Waals surface area contributed by atoms with Crippen LogP contribution in [0.5, 0.6) is 0 Å². The van der Waals surface area contributed by atoms with Crippen molar-refractivity contribution in [2.45, 2.75) is 25.7 Å². The maximum absolute atomic E-state index is 4.69. The predicted octanol–water partition coefficient (Wildman–Crippen LogP) is 6.01. The molecule has 0 saturated carbocycles. The second kappa shape index (κ2) is 7.49. The Morgan fingerprint density at radius 3 is 2.48 bits per heavy atom. The van der Waals surface area contributed by atoms with E-state index in [0.29, 0.717) is 5.92 Å². The molecule has 0 bridgehead atoms. The number of rotatable bonds is 3. The van der Waals surface area contributed by atoms with E-state index in [-0.39, 0.29) is 0 Å². The number of aromatic nitrogens is 2. The highest BCUT2D eigenvalue weighted by atomic mass is 15.1. The molecule has 5 rings (SSSR count). The summed E-state index contributed by atoms with van der Waals surface area (Å²) in [4.78, 5) is 10.4. The lowest BCUT2D eigenvalue weighted by atomic mass is 9.86. The first-order chi connectivity index (χ1) is 14.2. The zero-order valence-corrected chi connectivity index (χ0v) is 17.2. The van der Waals surface area contributed by atoms with Crippen LogP contribution >= 0.6 is 0 Å². The molecule has 3 heterocycles. The summed E-state index contributed by atoms with van der Waals surface area (Å²) in [6, 6.07) is 19.7. The van der Waals surface area contributed by atoms with E-state index in [2.05, 4.69) is 84.6 Å². The number of nitrogens with zero attached hydrogens (tertiary/aromatic N) is 2. The van der Waals surface area contributed by atoms with Gasteiger partial charge in [0.2, 0.25) is 0 Å². The van der Waals surface area contributed by atoms with Gasteiger partial charge in [0.25, 0.3) is 0 Å². The number of pyridine rings is 1. The SMILES string of the molecule is Cc1cc(-c2cnc3[nH]cc(-c4ccccc4)c3c2)ccc1C1CCN(C)CC1. The van der Waals surface area contributed by atoms with E-state index in [0.717, 1.165) is 5.65 Å². The lowest BCUT2D eigenvalue weighted by molar-refractivity contribution is 0.255. The van der Waals surface area contributed by atoms with Crippen molar-refractivity contribution in [3.8, 4) is 22.3 Å². The third-order valence-corrected chi connectivity index (χ3v) is 6.38. The van der Waals surface area contributed by atoms with Crippen molar-refractivity contribution in [2.75, 3.05) is 20.1 Å². The molecule has 29 heavy (non-hydrogen) atoms. The molecule has 1 aliphatic rings. The molecule has 2 aromatic carbocycles. The van der Waals surface area contributed by atoms with Gasteiger partial charge in [-0.05, 0) is 74.1 Å². The second-order valence-corrected chi connectivity index (χ2v) is 8.34. The predicted molar refractivity (Wildman–Crippen MR) is 121 cm³/mol. The first-order valence-corrected chi connectivity index (χ1v) is 10.5. The van der Waals surface area contributed by atoms with Gasteiger partial charge >= 0.3 is 0 Å². The van der Waals surface area contributed by atoms with Gasteiger partial charge in [-0.15, -0.1) is 0 Å². The van der Waals surface area contributed by atoms with Crippen molar-refractivity contribution in [1.82, 2.24) is 14.9 Å². The van der Waals surface area contributed by atoms with Crippen molar-refractivity contribution in [1.29, 1.82) is 0 Å². The Bertz CT molecular complexity index is 1140. The smallest absolute Gasteiger partial charge is 0.137 e. The fraction of sp³-hybridized carbons (Fsp3) is 0.269. The summed E-state index contributed by atoms with van der Waals surface area (Å²) in [7, 11) is 2.22. The molecule has 0 radical (unpaired) electrons. The topological polar surface area (TPSA) is 31.9 Å². The van der Waals surface area contributed by atoms with Gasteiger partial charge in [0.1, 0.15) is 5.65 Å². The maximum atomic E-state index is 4.69. The summed E-state index contributed by atoms with van der Waals surface area (Å²) >= 11 is 0. The molecule has 146 valence electrons. The highest BCUT2D eigenvalue weighted by Gasteiger charge is 2.20. The van der Waals surface area contributed by atoms with E-state index >= 15 is 0 Å². The Labute approximate surface area is 172 Å². The number of piperidine rings is 1. The number of likely N-dealkylation sites (tertiary alicyclic amines) is 1. The summed E-state index contributed by atoms with van der Waals surface area (Å²) in [5, 5.41) is 1.17. The molecule has 0 atom stereocenters. The summed E-state index contributed by atoms with van der Waals surface area (Å²) in [5.74, 6) is 0.690. The molecule has 4 aromatic rings. The number of fused-ring (bicyclic) bond motifs is 1. The van der Waals surface area contributed by atoms with Crippen LogP contribution < -0.4 is 0 Å². The molecular formula is C26H27N3. The average molecular weight is 382 g/mol. The molecule has 2 aromatic heterocycles. The Balaban J connectivity index is 1.50. The molecular weight excluding hydrogens is 354 g/mol. The Kier molecular flexibility index (Phi) is 4.69. The molecule has 1 aliphatic heterocycles. The van der Waals surface area contributed by atoms with Crippen molar-refractivity contribution >= 4 is 11.0 Å². The lowest BCUT2D eigenvalue weighted by Crippen LogP contribution is -2.29. The summed E-state index contributed by atoms with van der Waals surface area (Å²) in [6.07, 6.45) is 6.56. The second-order valence-electron chi connectivity index (χ2n) is 8.34. The minimum atomic E-state index is 0.690. The molecule has 0 unspecified atom stereocenters. The Morgan fingerprint density at radius 2 is 1.72 bits per heavy atom. The molecule has 3 nitrogen and oxygen atoms in total. The number of nitrogens with one attached hydrogen (secondary N) is 1. The zero-order valence-electron chi connectivity index (χ0n) is 17.2. The fourth-order valence-electron chi connectivity index (χ4n) is 4.65.